The van der Waals surface area contributed by atoms with Crippen molar-refractivity contribution in [2.45, 2.75) is 173 Å². The molecule has 0 heterocycles. The smallest absolute Gasteiger partial charge is 1.00 e. The summed E-state index contributed by atoms with van der Waals surface area (Å²) in [6.07, 6.45) is 27.9. The van der Waals surface area contributed by atoms with Crippen molar-refractivity contribution in [3.8, 4) is 0 Å². The Kier molecular flexibility index (Phi) is 32.1. The normalized spacial score (nSPS) is 12.6. The molecule has 0 aliphatic carbocycles. The molecule has 0 spiro atoms. The summed E-state index contributed by atoms with van der Waals surface area (Å²) in [7, 11) is -4.05. The molecular formula is C28H58FKO3S. The first kappa shape index (κ1) is 37.6. The van der Waals surface area contributed by atoms with Crippen molar-refractivity contribution in [3.63, 3.8) is 0 Å². The third-order valence-electron chi connectivity index (χ3n) is 6.59. The topological polar surface area (TPSA) is 43.4 Å². The summed E-state index contributed by atoms with van der Waals surface area (Å²) in [6, 6.07) is 0. The molecule has 6 heteroatoms. The Morgan fingerprint density at radius 2 is 0.853 bits per heavy atom. The van der Waals surface area contributed by atoms with E-state index in [0.717, 1.165) is 32.1 Å². The third kappa shape index (κ3) is 26.5. The molecule has 1 unspecified atom stereocenters. The fourth-order valence-electron chi connectivity index (χ4n) is 4.31. The Bertz CT molecular complexity index is 495. The summed E-state index contributed by atoms with van der Waals surface area (Å²) < 4.78 is 42.7. The van der Waals surface area contributed by atoms with Crippen LogP contribution in [0.15, 0.2) is 0 Å². The number of hydrogen-bond acceptors (Lipinski definition) is 3. The Morgan fingerprint density at radius 3 is 1.21 bits per heavy atom. The minimum absolute atomic E-state index is 0. The van der Waals surface area contributed by atoms with E-state index in [2.05, 4.69) is 13.8 Å². The largest absolute Gasteiger partial charge is 1.00 e. The molecule has 202 valence electrons. The number of unbranched alkanes of at least 4 members (excludes halogenated alkanes) is 21. The Balaban J connectivity index is -0.00000512. The molecule has 0 N–H and O–H groups in total. The van der Waals surface area contributed by atoms with Gasteiger partial charge >= 0.3 is 51.4 Å². The summed E-state index contributed by atoms with van der Waals surface area (Å²) in [4.78, 5) is 0. The van der Waals surface area contributed by atoms with Crippen LogP contribution >= 0.6 is 0 Å². The van der Waals surface area contributed by atoms with Crippen LogP contribution in [0.25, 0.3) is 0 Å². The van der Waals surface area contributed by atoms with Gasteiger partial charge in [-0.1, -0.05) is 149 Å². The van der Waals surface area contributed by atoms with E-state index < -0.39 is 15.6 Å². The maximum absolute atomic E-state index is 14.0. The van der Waals surface area contributed by atoms with Gasteiger partial charge in [0.1, 0.15) is 0 Å². The van der Waals surface area contributed by atoms with E-state index in [1.54, 1.807) is 0 Å². The molecule has 0 saturated heterocycles. The van der Waals surface area contributed by atoms with Crippen molar-refractivity contribution >= 4 is 10.1 Å². The van der Waals surface area contributed by atoms with E-state index in [0.29, 0.717) is 12.8 Å². The summed E-state index contributed by atoms with van der Waals surface area (Å²) in [5, 5.41) is 0. The van der Waals surface area contributed by atoms with Crippen LogP contribution in [0.2, 0.25) is 0 Å². The van der Waals surface area contributed by atoms with Gasteiger partial charge in [0.2, 0.25) is 5.50 Å². The number of rotatable bonds is 27. The molecule has 0 radical (unpaired) electrons. The van der Waals surface area contributed by atoms with Crippen LogP contribution < -0.4 is 51.4 Å². The van der Waals surface area contributed by atoms with Gasteiger partial charge in [-0.15, -0.1) is 0 Å². The molecule has 0 aromatic carbocycles. The minimum Gasteiger partial charge on any atom is -1.00 e. The fourth-order valence-corrected chi connectivity index (χ4v) is 5.26. The van der Waals surface area contributed by atoms with Gasteiger partial charge in [-0.2, -0.15) is 8.42 Å². The zero-order valence-corrected chi connectivity index (χ0v) is 27.2. The van der Waals surface area contributed by atoms with Gasteiger partial charge in [-0.3, -0.25) is 4.18 Å². The quantitative estimate of drug-likeness (QED) is 0.0641. The standard InChI is InChI=1S/C28H57FO3S.K.H/c1-3-5-7-9-11-12-13-14-15-16-17-18-19-21-23-25-27-32-33(30,31)28(29)26-24-22-20-10-8-6-4-2;;/h28H,3-27H2,1-2H3;;/q;+1;-1. The second kappa shape index (κ2) is 29.0. The molecule has 0 aliphatic heterocycles. The molecule has 0 saturated carbocycles. The first-order valence-electron chi connectivity index (χ1n) is 14.6. The van der Waals surface area contributed by atoms with Crippen LogP contribution in [0.4, 0.5) is 4.39 Å². The maximum atomic E-state index is 14.0. The average Bonchev–Trinajstić information content (AvgIpc) is 2.80. The maximum Gasteiger partial charge on any atom is 1.00 e. The van der Waals surface area contributed by atoms with Crippen molar-refractivity contribution in [2.75, 3.05) is 6.61 Å². The van der Waals surface area contributed by atoms with Crippen LogP contribution in [0.5, 0.6) is 0 Å². The first-order valence-corrected chi connectivity index (χ1v) is 16.0. The van der Waals surface area contributed by atoms with E-state index in [-0.39, 0.29) is 65.8 Å². The van der Waals surface area contributed by atoms with Gasteiger partial charge in [0.25, 0.3) is 10.1 Å². The number of alkyl halides is 1. The molecule has 0 aromatic heterocycles. The van der Waals surface area contributed by atoms with Crippen LogP contribution in [-0.2, 0) is 14.3 Å². The zero-order valence-electron chi connectivity index (χ0n) is 24.3. The molecule has 0 aliphatic rings. The number of hydrogen-bond donors (Lipinski definition) is 0. The average molecular weight is 533 g/mol. The molecular weight excluding hydrogens is 474 g/mol. The summed E-state index contributed by atoms with van der Waals surface area (Å²) in [5.74, 6) is 0. The second-order valence-electron chi connectivity index (χ2n) is 9.94. The van der Waals surface area contributed by atoms with E-state index in [1.165, 1.54) is 103 Å². The molecule has 0 fully saturated rings. The van der Waals surface area contributed by atoms with Crippen LogP contribution in [-0.4, -0.2) is 20.5 Å². The molecule has 0 rings (SSSR count). The SMILES string of the molecule is CCCCCCCCCCCCCCCCCCOS(=O)(=O)C(F)CCCCCCCCC.[H-].[K+]. The first-order chi connectivity index (χ1) is 16.0. The summed E-state index contributed by atoms with van der Waals surface area (Å²) in [6.45, 7) is 4.57. The monoisotopic (exact) mass is 532 g/mol. The third-order valence-corrected chi connectivity index (χ3v) is 7.95. The predicted molar refractivity (Wildman–Crippen MR) is 143 cm³/mol. The summed E-state index contributed by atoms with van der Waals surface area (Å²) >= 11 is 0. The van der Waals surface area contributed by atoms with Crippen molar-refractivity contribution < 1.29 is 69.8 Å². The van der Waals surface area contributed by atoms with Crippen LogP contribution in [0, 0.1) is 0 Å². The van der Waals surface area contributed by atoms with Crippen molar-refractivity contribution in [2.24, 2.45) is 0 Å². The van der Waals surface area contributed by atoms with Gasteiger partial charge in [0, 0.05) is 0 Å². The molecule has 0 aromatic rings. The Labute approximate surface area is 257 Å². The van der Waals surface area contributed by atoms with E-state index >= 15 is 0 Å². The summed E-state index contributed by atoms with van der Waals surface area (Å²) in [5.41, 5.74) is -1.87. The van der Waals surface area contributed by atoms with Crippen LogP contribution in [0.1, 0.15) is 169 Å². The second-order valence-corrected chi connectivity index (χ2v) is 11.7. The van der Waals surface area contributed by atoms with Crippen LogP contribution in [0.3, 0.4) is 0 Å². The van der Waals surface area contributed by atoms with Gasteiger partial charge < -0.3 is 1.43 Å². The Hall–Kier alpha value is 1.48. The van der Waals surface area contributed by atoms with Gasteiger partial charge in [0.05, 0.1) is 6.61 Å². The Morgan fingerprint density at radius 1 is 0.559 bits per heavy atom. The zero-order chi connectivity index (χ0) is 24.5. The predicted octanol–water partition coefficient (Wildman–Crippen LogP) is 7.15. The van der Waals surface area contributed by atoms with Gasteiger partial charge in [-0.25, -0.2) is 4.39 Å². The van der Waals surface area contributed by atoms with Crippen molar-refractivity contribution in [1.29, 1.82) is 0 Å². The molecule has 34 heavy (non-hydrogen) atoms. The van der Waals surface area contributed by atoms with E-state index in [1.807, 2.05) is 0 Å². The van der Waals surface area contributed by atoms with Crippen molar-refractivity contribution in [3.05, 3.63) is 0 Å². The molecule has 0 amide bonds. The fraction of sp³-hybridized carbons (Fsp3) is 1.00. The number of halogens is 1. The minimum atomic E-state index is -4.05. The van der Waals surface area contributed by atoms with Crippen molar-refractivity contribution in [1.82, 2.24) is 0 Å². The van der Waals surface area contributed by atoms with Gasteiger partial charge in [-0.05, 0) is 19.3 Å². The van der Waals surface area contributed by atoms with Gasteiger partial charge in [0.15, 0.2) is 0 Å². The molecule has 3 nitrogen and oxygen atoms in total. The molecule has 1 atom stereocenters. The molecule has 0 bridgehead atoms. The van der Waals surface area contributed by atoms with E-state index in [4.69, 9.17) is 4.18 Å². The van der Waals surface area contributed by atoms with E-state index in [9.17, 15) is 12.8 Å².